The maximum Gasteiger partial charge on any atom is 2.00 e. The predicted octanol–water partition coefficient (Wildman–Crippen LogP) is 6.33. The van der Waals surface area contributed by atoms with E-state index in [0.29, 0.717) is 21.2 Å². The van der Waals surface area contributed by atoms with Crippen LogP contribution in [0.1, 0.15) is 11.1 Å². The van der Waals surface area contributed by atoms with Crippen molar-refractivity contribution in [2.75, 3.05) is 0 Å². The largest absolute Gasteiger partial charge is 2.00 e. The van der Waals surface area contributed by atoms with Crippen molar-refractivity contribution in [1.82, 2.24) is 0 Å². The smallest absolute Gasteiger partial charge is 0.872 e. The van der Waals surface area contributed by atoms with E-state index in [9.17, 15) is 10.2 Å². The van der Waals surface area contributed by atoms with E-state index in [1.54, 1.807) is 85.2 Å². The Morgan fingerprint density at radius 1 is 0.515 bits per heavy atom. The quantitative estimate of drug-likeness (QED) is 0.300. The van der Waals surface area contributed by atoms with Crippen molar-refractivity contribution in [3.8, 4) is 11.5 Å². The van der Waals surface area contributed by atoms with Gasteiger partial charge in [-0.15, -0.1) is 11.5 Å². The van der Waals surface area contributed by atoms with Crippen molar-refractivity contribution < 1.29 is 27.6 Å². The first-order valence-corrected chi connectivity index (χ1v) is 10.4. The SMILES string of the molecule is [Cr+2].[O-]c1ccccc1C=Nc1ccc(Cl)cc1.[O-]c1ccccc1C=Nc1ccc(Cl)cc1. The van der Waals surface area contributed by atoms with Crippen LogP contribution in [0.4, 0.5) is 11.4 Å². The molecule has 0 fully saturated rings. The van der Waals surface area contributed by atoms with Gasteiger partial charge < -0.3 is 10.2 Å². The van der Waals surface area contributed by atoms with E-state index in [1.807, 2.05) is 12.1 Å². The molecule has 0 atom stereocenters. The summed E-state index contributed by atoms with van der Waals surface area (Å²) in [7, 11) is 0. The summed E-state index contributed by atoms with van der Waals surface area (Å²) in [5.74, 6) is -0.0552. The molecule has 4 aromatic rings. The molecule has 0 aliphatic carbocycles. The molecule has 33 heavy (non-hydrogen) atoms. The molecule has 0 heterocycles. The zero-order valence-corrected chi connectivity index (χ0v) is 20.1. The number of hydrogen-bond donors (Lipinski definition) is 0. The van der Waals surface area contributed by atoms with Crippen molar-refractivity contribution in [3.63, 3.8) is 0 Å². The molecule has 4 nitrogen and oxygen atoms in total. The number of aliphatic imine (C=N–C) groups is 2. The van der Waals surface area contributed by atoms with Gasteiger partial charge in [0.2, 0.25) is 0 Å². The minimum absolute atomic E-state index is 0. The Kier molecular flexibility index (Phi) is 10.7. The molecule has 0 aromatic heterocycles. The van der Waals surface area contributed by atoms with Crippen LogP contribution in [-0.2, 0) is 17.4 Å². The number of hydrogen-bond acceptors (Lipinski definition) is 4. The summed E-state index contributed by atoms with van der Waals surface area (Å²) in [5, 5.41) is 24.1. The maximum absolute atomic E-state index is 11.4. The molecule has 0 bridgehead atoms. The van der Waals surface area contributed by atoms with E-state index < -0.39 is 0 Å². The van der Waals surface area contributed by atoms with Gasteiger partial charge in [-0.1, -0.05) is 71.7 Å². The summed E-state index contributed by atoms with van der Waals surface area (Å²) in [6, 6.07) is 27.8. The Bertz CT molecular complexity index is 1110. The topological polar surface area (TPSA) is 70.8 Å². The van der Waals surface area contributed by atoms with Crippen molar-refractivity contribution in [2.24, 2.45) is 9.98 Å². The summed E-state index contributed by atoms with van der Waals surface area (Å²) in [4.78, 5) is 8.39. The molecule has 4 aromatic carbocycles. The van der Waals surface area contributed by atoms with Crippen LogP contribution in [0, 0.1) is 0 Å². The zero-order valence-electron chi connectivity index (χ0n) is 17.3. The van der Waals surface area contributed by atoms with E-state index in [4.69, 9.17) is 23.2 Å². The van der Waals surface area contributed by atoms with E-state index >= 15 is 0 Å². The molecule has 164 valence electrons. The second-order valence-corrected chi connectivity index (χ2v) is 7.42. The number of halogens is 2. The molecular formula is C26H18Cl2CrN2O2. The molecule has 0 aliphatic heterocycles. The summed E-state index contributed by atoms with van der Waals surface area (Å²) in [6.07, 6.45) is 3.12. The Hall–Kier alpha value is -3.07. The van der Waals surface area contributed by atoms with Gasteiger partial charge in [0.05, 0.1) is 11.4 Å². The van der Waals surface area contributed by atoms with Gasteiger partial charge >= 0.3 is 17.4 Å². The average Bonchev–Trinajstić information content (AvgIpc) is 2.81. The second-order valence-electron chi connectivity index (χ2n) is 6.54. The molecule has 0 aliphatic rings. The van der Waals surface area contributed by atoms with Gasteiger partial charge in [-0.3, -0.25) is 9.98 Å². The Labute approximate surface area is 213 Å². The standard InChI is InChI=1S/2C13H10ClNO.Cr/c2*14-11-5-7-12(8-6-11)15-9-10-3-1-2-4-13(10)16;/h2*1-9,16H;/q;;+2/p-2. The first-order chi connectivity index (χ1) is 15.5. The van der Waals surface area contributed by atoms with Gasteiger partial charge in [0.15, 0.2) is 0 Å². The average molecular weight is 513 g/mol. The fourth-order valence-corrected chi connectivity index (χ4v) is 2.77. The van der Waals surface area contributed by atoms with Crippen LogP contribution < -0.4 is 10.2 Å². The normalized spacial score (nSPS) is 10.5. The molecule has 0 saturated heterocycles. The molecule has 0 spiro atoms. The number of para-hydroxylation sites is 2. The van der Waals surface area contributed by atoms with Crippen LogP contribution in [0.3, 0.4) is 0 Å². The van der Waals surface area contributed by atoms with Gasteiger partial charge in [0.25, 0.3) is 0 Å². The van der Waals surface area contributed by atoms with E-state index in [2.05, 4.69) is 9.98 Å². The number of rotatable bonds is 4. The Morgan fingerprint density at radius 3 is 1.18 bits per heavy atom. The van der Waals surface area contributed by atoms with Crippen LogP contribution in [0.25, 0.3) is 0 Å². The number of benzene rings is 4. The van der Waals surface area contributed by atoms with Gasteiger partial charge in [-0.2, -0.15) is 0 Å². The van der Waals surface area contributed by atoms with Crippen LogP contribution in [-0.4, -0.2) is 12.4 Å². The second kappa shape index (κ2) is 13.5. The van der Waals surface area contributed by atoms with Crippen molar-refractivity contribution >= 4 is 47.0 Å². The molecule has 0 saturated carbocycles. The maximum atomic E-state index is 11.4. The van der Waals surface area contributed by atoms with E-state index in [1.165, 1.54) is 12.1 Å². The van der Waals surface area contributed by atoms with Gasteiger partial charge in [0, 0.05) is 22.5 Å². The van der Waals surface area contributed by atoms with Crippen molar-refractivity contribution in [3.05, 3.63) is 118 Å². The van der Waals surface area contributed by atoms with Gasteiger partial charge in [0.1, 0.15) is 0 Å². The predicted molar refractivity (Wildman–Crippen MR) is 129 cm³/mol. The van der Waals surface area contributed by atoms with Gasteiger partial charge in [-0.05, 0) is 59.7 Å². The first kappa shape index (κ1) is 26.2. The minimum Gasteiger partial charge on any atom is -0.872 e. The van der Waals surface area contributed by atoms with Crippen LogP contribution in [0.2, 0.25) is 10.0 Å². The third-order valence-corrected chi connectivity index (χ3v) is 4.70. The van der Waals surface area contributed by atoms with Crippen molar-refractivity contribution in [1.29, 1.82) is 0 Å². The van der Waals surface area contributed by atoms with Crippen LogP contribution >= 0.6 is 23.2 Å². The zero-order chi connectivity index (χ0) is 22.8. The van der Waals surface area contributed by atoms with Gasteiger partial charge in [-0.25, -0.2) is 0 Å². The van der Waals surface area contributed by atoms with Crippen LogP contribution in [0.15, 0.2) is 107 Å². The monoisotopic (exact) mass is 512 g/mol. The summed E-state index contributed by atoms with van der Waals surface area (Å²) >= 11 is 11.5. The third kappa shape index (κ3) is 8.76. The fraction of sp³-hybridized carbons (Fsp3) is 0. The van der Waals surface area contributed by atoms with E-state index in [-0.39, 0.29) is 28.9 Å². The molecule has 0 unspecified atom stereocenters. The molecule has 0 amide bonds. The summed E-state index contributed by atoms with van der Waals surface area (Å²) < 4.78 is 0. The van der Waals surface area contributed by atoms with Crippen molar-refractivity contribution in [2.45, 2.75) is 0 Å². The summed E-state index contributed by atoms with van der Waals surface area (Å²) in [6.45, 7) is 0. The molecule has 0 radical (unpaired) electrons. The third-order valence-electron chi connectivity index (χ3n) is 4.20. The Balaban J connectivity index is 0.000000227. The Morgan fingerprint density at radius 2 is 0.848 bits per heavy atom. The molecular weight excluding hydrogens is 495 g/mol. The molecule has 4 rings (SSSR count). The molecule has 7 heteroatoms. The molecule has 0 N–H and O–H groups in total. The van der Waals surface area contributed by atoms with E-state index in [0.717, 1.165) is 11.4 Å². The minimum atomic E-state index is -0.0276. The first-order valence-electron chi connectivity index (χ1n) is 9.62. The van der Waals surface area contributed by atoms with Crippen LogP contribution in [0.5, 0.6) is 11.5 Å². The summed E-state index contributed by atoms with van der Waals surface area (Å²) in [5.41, 5.74) is 2.70. The fourth-order valence-electron chi connectivity index (χ4n) is 2.52. The number of nitrogens with zero attached hydrogens (tertiary/aromatic N) is 2.